The molecule has 1 aliphatic heterocycles. The lowest BCUT2D eigenvalue weighted by Gasteiger charge is -2.22. The van der Waals surface area contributed by atoms with Gasteiger partial charge in [-0.05, 0) is 37.1 Å². The van der Waals surface area contributed by atoms with Crippen molar-refractivity contribution in [1.82, 2.24) is 29.3 Å². The van der Waals surface area contributed by atoms with Crippen LogP contribution in [0.2, 0.25) is 0 Å². The normalized spacial score (nSPS) is 15.5. The van der Waals surface area contributed by atoms with Gasteiger partial charge in [0.1, 0.15) is 17.2 Å². The number of pyridine rings is 1. The summed E-state index contributed by atoms with van der Waals surface area (Å²) in [6.45, 7) is 1.88. The molecule has 0 spiro atoms. The fraction of sp³-hybridized carbons (Fsp3) is 0.217. The molecule has 5 rings (SSSR count). The third-order valence-electron chi connectivity index (χ3n) is 5.48. The fourth-order valence-corrected chi connectivity index (χ4v) is 3.98. The predicted octanol–water partition coefficient (Wildman–Crippen LogP) is 4.87. The molecule has 0 aliphatic carbocycles. The zero-order valence-electron chi connectivity index (χ0n) is 17.8. The summed E-state index contributed by atoms with van der Waals surface area (Å²) in [5.74, 6) is 0.508. The van der Waals surface area contributed by atoms with Crippen molar-refractivity contribution in [2.24, 2.45) is 0 Å². The average molecular weight is 452 g/mol. The first-order valence-corrected chi connectivity index (χ1v) is 10.2. The second kappa shape index (κ2) is 7.88. The molecule has 0 saturated carbocycles. The van der Waals surface area contributed by atoms with Crippen LogP contribution >= 0.6 is 0 Å². The SMILES string of the molecule is COc1nc(-c2nc3n(n2)C=CC[C@@H]3c2ccccc2C(F)(F)F)ccc1-n1cnc(C)c1. The molecule has 0 saturated heterocycles. The maximum atomic E-state index is 13.6. The van der Waals surface area contributed by atoms with Gasteiger partial charge in [-0.25, -0.2) is 19.6 Å². The van der Waals surface area contributed by atoms with Crippen LogP contribution in [0.3, 0.4) is 0 Å². The van der Waals surface area contributed by atoms with Gasteiger partial charge in [-0.3, -0.25) is 0 Å². The smallest absolute Gasteiger partial charge is 0.416 e. The molecular weight excluding hydrogens is 433 g/mol. The second-order valence-electron chi connectivity index (χ2n) is 7.64. The van der Waals surface area contributed by atoms with E-state index in [1.165, 1.54) is 23.9 Å². The Bertz CT molecular complexity index is 1350. The number of hydrogen-bond acceptors (Lipinski definition) is 5. The highest BCUT2D eigenvalue weighted by Gasteiger charge is 2.37. The van der Waals surface area contributed by atoms with Gasteiger partial charge < -0.3 is 9.30 Å². The quantitative estimate of drug-likeness (QED) is 0.442. The highest BCUT2D eigenvalue weighted by molar-refractivity contribution is 5.56. The molecule has 0 amide bonds. The van der Waals surface area contributed by atoms with E-state index in [4.69, 9.17) is 4.74 Å². The number of allylic oxidation sites excluding steroid dienone is 1. The van der Waals surface area contributed by atoms with Crippen molar-refractivity contribution in [2.75, 3.05) is 7.11 Å². The third-order valence-corrected chi connectivity index (χ3v) is 5.48. The molecule has 4 aromatic rings. The van der Waals surface area contributed by atoms with Crippen molar-refractivity contribution in [2.45, 2.75) is 25.4 Å². The minimum Gasteiger partial charge on any atom is -0.479 e. The predicted molar refractivity (Wildman–Crippen MR) is 115 cm³/mol. The van der Waals surface area contributed by atoms with E-state index in [9.17, 15) is 13.2 Å². The highest BCUT2D eigenvalue weighted by atomic mass is 19.4. The van der Waals surface area contributed by atoms with E-state index in [2.05, 4.69) is 20.1 Å². The van der Waals surface area contributed by atoms with E-state index in [0.717, 1.165) is 11.8 Å². The first-order chi connectivity index (χ1) is 15.8. The molecule has 3 aromatic heterocycles. The lowest BCUT2D eigenvalue weighted by atomic mass is 9.89. The summed E-state index contributed by atoms with van der Waals surface area (Å²) < 4.78 is 49.6. The van der Waals surface area contributed by atoms with E-state index >= 15 is 0 Å². The van der Waals surface area contributed by atoms with Gasteiger partial charge in [0.25, 0.3) is 0 Å². The molecule has 33 heavy (non-hydrogen) atoms. The Morgan fingerprint density at radius 1 is 1.09 bits per heavy atom. The molecule has 168 valence electrons. The van der Waals surface area contributed by atoms with Gasteiger partial charge in [0.05, 0.1) is 24.7 Å². The van der Waals surface area contributed by atoms with Crippen molar-refractivity contribution in [3.05, 3.63) is 77.6 Å². The van der Waals surface area contributed by atoms with E-state index in [1.54, 1.807) is 35.3 Å². The number of ether oxygens (including phenoxy) is 1. The van der Waals surface area contributed by atoms with Crippen LogP contribution in [0.1, 0.15) is 35.0 Å². The van der Waals surface area contributed by atoms with Gasteiger partial charge in [0, 0.05) is 18.3 Å². The molecule has 1 aromatic carbocycles. The Balaban J connectivity index is 1.55. The summed E-state index contributed by atoms with van der Waals surface area (Å²) in [6, 6.07) is 9.15. The van der Waals surface area contributed by atoms with Gasteiger partial charge in [-0.15, -0.1) is 5.10 Å². The standard InChI is InChI=1S/C23H19F3N6O/c1-14-12-31(13-27-14)19-10-9-18(28-22(19)33-2)20-29-21-16(7-5-11-32(21)30-20)15-6-3-4-8-17(15)23(24,25)26/h3-6,8-13,16H,7H2,1-2H3/t16-/m1/s1. The van der Waals surface area contributed by atoms with Crippen LogP contribution in [0.5, 0.6) is 5.88 Å². The Morgan fingerprint density at radius 2 is 1.91 bits per heavy atom. The molecule has 7 nitrogen and oxygen atoms in total. The number of aryl methyl sites for hydroxylation is 1. The topological polar surface area (TPSA) is 70.7 Å². The minimum absolute atomic E-state index is 0.172. The number of imidazole rings is 1. The lowest BCUT2D eigenvalue weighted by molar-refractivity contribution is -0.138. The Morgan fingerprint density at radius 3 is 2.64 bits per heavy atom. The van der Waals surface area contributed by atoms with Crippen LogP contribution in [-0.4, -0.2) is 36.4 Å². The number of nitrogens with zero attached hydrogens (tertiary/aromatic N) is 6. The van der Waals surface area contributed by atoms with E-state index in [-0.39, 0.29) is 5.56 Å². The van der Waals surface area contributed by atoms with Gasteiger partial charge >= 0.3 is 6.18 Å². The van der Waals surface area contributed by atoms with Crippen LogP contribution < -0.4 is 4.74 Å². The summed E-state index contributed by atoms with van der Waals surface area (Å²) in [6.07, 6.45) is 2.94. The highest BCUT2D eigenvalue weighted by Crippen LogP contribution is 2.40. The summed E-state index contributed by atoms with van der Waals surface area (Å²) in [7, 11) is 1.51. The van der Waals surface area contributed by atoms with Gasteiger partial charge in [0.15, 0.2) is 0 Å². The van der Waals surface area contributed by atoms with Crippen molar-refractivity contribution in [1.29, 1.82) is 0 Å². The summed E-state index contributed by atoms with van der Waals surface area (Å²) in [4.78, 5) is 13.3. The zero-order valence-corrected chi connectivity index (χ0v) is 17.8. The number of methoxy groups -OCH3 is 1. The van der Waals surface area contributed by atoms with Gasteiger partial charge in [-0.1, -0.05) is 24.3 Å². The first kappa shape index (κ1) is 20.9. The summed E-state index contributed by atoms with van der Waals surface area (Å²) in [5.41, 5.74) is 1.50. The third kappa shape index (κ3) is 3.77. The summed E-state index contributed by atoms with van der Waals surface area (Å²) in [5, 5.41) is 4.47. The molecule has 0 unspecified atom stereocenters. The molecule has 1 aliphatic rings. The number of fused-ring (bicyclic) bond motifs is 1. The van der Waals surface area contributed by atoms with Crippen LogP contribution in [0.15, 0.2) is 55.0 Å². The molecule has 0 radical (unpaired) electrons. The number of alkyl halides is 3. The first-order valence-electron chi connectivity index (χ1n) is 10.2. The van der Waals surface area contributed by atoms with Crippen molar-refractivity contribution in [3.63, 3.8) is 0 Å². The number of halogens is 3. The number of rotatable bonds is 4. The van der Waals surface area contributed by atoms with E-state index in [0.29, 0.717) is 35.3 Å². The van der Waals surface area contributed by atoms with Gasteiger partial charge in [0.2, 0.25) is 11.7 Å². The van der Waals surface area contributed by atoms with Crippen molar-refractivity contribution in [3.8, 4) is 23.1 Å². The maximum Gasteiger partial charge on any atom is 0.416 e. The van der Waals surface area contributed by atoms with Crippen LogP contribution in [0, 0.1) is 6.92 Å². The number of hydrogen-bond donors (Lipinski definition) is 0. The molecule has 0 N–H and O–H groups in total. The molecule has 10 heteroatoms. The average Bonchev–Trinajstić information content (AvgIpc) is 3.44. The Labute approximate surface area is 187 Å². The monoisotopic (exact) mass is 452 g/mol. The van der Waals surface area contributed by atoms with E-state index < -0.39 is 17.7 Å². The lowest BCUT2D eigenvalue weighted by Crippen LogP contribution is -2.16. The van der Waals surface area contributed by atoms with Crippen molar-refractivity contribution < 1.29 is 17.9 Å². The summed E-state index contributed by atoms with van der Waals surface area (Å²) >= 11 is 0. The minimum atomic E-state index is -4.46. The fourth-order valence-electron chi connectivity index (χ4n) is 3.98. The van der Waals surface area contributed by atoms with Crippen LogP contribution in [0.4, 0.5) is 13.2 Å². The van der Waals surface area contributed by atoms with E-state index in [1.807, 2.05) is 19.2 Å². The maximum absolute atomic E-state index is 13.6. The zero-order chi connectivity index (χ0) is 23.2. The largest absolute Gasteiger partial charge is 0.479 e. The number of aromatic nitrogens is 6. The molecule has 0 fully saturated rings. The molecule has 4 heterocycles. The second-order valence-corrected chi connectivity index (χ2v) is 7.64. The molecule has 1 atom stereocenters. The van der Waals surface area contributed by atoms with Crippen LogP contribution in [-0.2, 0) is 6.18 Å². The molecular formula is C23H19F3N6O. The Kier molecular flexibility index (Phi) is 4.99. The number of benzene rings is 1. The van der Waals surface area contributed by atoms with Crippen molar-refractivity contribution >= 4 is 6.20 Å². The molecule has 0 bridgehead atoms. The van der Waals surface area contributed by atoms with Gasteiger partial charge in [-0.2, -0.15) is 13.2 Å². The Hall–Kier alpha value is -3.95. The van der Waals surface area contributed by atoms with Crippen LogP contribution in [0.25, 0.3) is 23.4 Å².